The van der Waals surface area contributed by atoms with Crippen LogP contribution in [0.1, 0.15) is 30.7 Å². The van der Waals surface area contributed by atoms with Crippen LogP contribution in [0.15, 0.2) is 47.8 Å². The summed E-state index contributed by atoms with van der Waals surface area (Å²) >= 11 is 0. The molecule has 1 aromatic carbocycles. The Bertz CT molecular complexity index is 631. The SMILES string of the molecule is NC1=C(NC(=O)C2CCOCC2)CC(c2ccc(F)cc2)C=C1. The molecular formula is C18H21FN2O2. The molecule has 1 aliphatic carbocycles. The van der Waals surface area contributed by atoms with Gasteiger partial charge in [0.2, 0.25) is 5.91 Å². The van der Waals surface area contributed by atoms with Crippen molar-refractivity contribution in [3.05, 3.63) is 59.2 Å². The van der Waals surface area contributed by atoms with Gasteiger partial charge in [-0.3, -0.25) is 4.79 Å². The van der Waals surface area contributed by atoms with Gasteiger partial charge in [-0.1, -0.05) is 18.2 Å². The number of hydrogen-bond acceptors (Lipinski definition) is 3. The van der Waals surface area contributed by atoms with Crippen molar-refractivity contribution >= 4 is 5.91 Å². The van der Waals surface area contributed by atoms with Crippen LogP contribution in [0.25, 0.3) is 0 Å². The highest BCUT2D eigenvalue weighted by molar-refractivity contribution is 5.80. The Labute approximate surface area is 135 Å². The molecule has 1 atom stereocenters. The highest BCUT2D eigenvalue weighted by Gasteiger charge is 2.24. The molecule has 0 saturated carbocycles. The summed E-state index contributed by atoms with van der Waals surface area (Å²) < 4.78 is 18.3. The van der Waals surface area contributed by atoms with Crippen LogP contribution in [-0.2, 0) is 9.53 Å². The number of carbonyl (C=O) groups is 1. The minimum Gasteiger partial charge on any atom is -0.397 e. The van der Waals surface area contributed by atoms with Crippen molar-refractivity contribution in [3.63, 3.8) is 0 Å². The Morgan fingerprint density at radius 3 is 2.61 bits per heavy atom. The fraction of sp³-hybridized carbons (Fsp3) is 0.389. The second kappa shape index (κ2) is 6.96. The van der Waals surface area contributed by atoms with E-state index < -0.39 is 0 Å². The van der Waals surface area contributed by atoms with Gasteiger partial charge in [-0.15, -0.1) is 0 Å². The maximum atomic E-state index is 13.1. The molecule has 1 fully saturated rings. The zero-order valence-corrected chi connectivity index (χ0v) is 12.9. The summed E-state index contributed by atoms with van der Waals surface area (Å²) in [5.74, 6) is -0.164. The van der Waals surface area contributed by atoms with Gasteiger partial charge in [-0.2, -0.15) is 0 Å². The van der Waals surface area contributed by atoms with Gasteiger partial charge in [-0.05, 0) is 43.0 Å². The monoisotopic (exact) mass is 316 g/mol. The third-order valence-electron chi connectivity index (χ3n) is 4.44. The van der Waals surface area contributed by atoms with E-state index in [1.807, 2.05) is 12.2 Å². The molecule has 0 bridgehead atoms. The zero-order valence-electron chi connectivity index (χ0n) is 12.9. The van der Waals surface area contributed by atoms with Gasteiger partial charge < -0.3 is 15.8 Å². The largest absolute Gasteiger partial charge is 0.397 e. The van der Waals surface area contributed by atoms with E-state index in [1.165, 1.54) is 12.1 Å². The smallest absolute Gasteiger partial charge is 0.227 e. The molecule has 0 spiro atoms. The molecule has 5 heteroatoms. The van der Waals surface area contributed by atoms with Crippen LogP contribution in [0.4, 0.5) is 4.39 Å². The number of hydrogen-bond donors (Lipinski definition) is 2. The lowest BCUT2D eigenvalue weighted by atomic mass is 9.89. The average molecular weight is 316 g/mol. The summed E-state index contributed by atoms with van der Waals surface area (Å²) in [6.07, 6.45) is 5.92. The Kier molecular flexibility index (Phi) is 4.76. The van der Waals surface area contributed by atoms with Crippen molar-refractivity contribution in [2.75, 3.05) is 13.2 Å². The van der Waals surface area contributed by atoms with Crippen molar-refractivity contribution in [2.45, 2.75) is 25.2 Å². The zero-order chi connectivity index (χ0) is 16.2. The molecular weight excluding hydrogens is 295 g/mol. The van der Waals surface area contributed by atoms with E-state index >= 15 is 0 Å². The van der Waals surface area contributed by atoms with Crippen LogP contribution in [0.2, 0.25) is 0 Å². The van der Waals surface area contributed by atoms with Crippen LogP contribution in [0, 0.1) is 11.7 Å². The molecule has 1 aliphatic heterocycles. The van der Waals surface area contributed by atoms with Gasteiger partial charge in [0.1, 0.15) is 5.82 Å². The van der Waals surface area contributed by atoms with Gasteiger partial charge >= 0.3 is 0 Å². The summed E-state index contributed by atoms with van der Waals surface area (Å²) in [5, 5.41) is 2.98. The number of allylic oxidation sites excluding steroid dienone is 3. The van der Waals surface area contributed by atoms with Crippen molar-refractivity contribution in [2.24, 2.45) is 11.7 Å². The van der Waals surface area contributed by atoms with E-state index in [0.717, 1.165) is 24.1 Å². The molecule has 1 aromatic rings. The predicted octanol–water partition coefficient (Wildman–Crippen LogP) is 2.58. The van der Waals surface area contributed by atoms with Gasteiger partial charge in [0.05, 0.1) is 5.70 Å². The number of benzene rings is 1. The normalized spacial score (nSPS) is 22.2. The Morgan fingerprint density at radius 1 is 1.22 bits per heavy atom. The lowest BCUT2D eigenvalue weighted by Gasteiger charge is -2.25. The van der Waals surface area contributed by atoms with E-state index in [4.69, 9.17) is 10.5 Å². The molecule has 2 aliphatic rings. The first-order valence-electron chi connectivity index (χ1n) is 7.94. The minimum atomic E-state index is -0.253. The number of nitrogens with one attached hydrogen (secondary N) is 1. The van der Waals surface area contributed by atoms with Crippen molar-refractivity contribution in [3.8, 4) is 0 Å². The average Bonchev–Trinajstić information content (AvgIpc) is 2.58. The highest BCUT2D eigenvalue weighted by Crippen LogP contribution is 2.29. The first-order valence-corrected chi connectivity index (χ1v) is 7.94. The first kappa shape index (κ1) is 15.7. The topological polar surface area (TPSA) is 64.3 Å². The maximum absolute atomic E-state index is 13.1. The lowest BCUT2D eigenvalue weighted by Crippen LogP contribution is -2.35. The molecule has 1 heterocycles. The summed E-state index contributed by atoms with van der Waals surface area (Å²) in [4.78, 5) is 12.4. The lowest BCUT2D eigenvalue weighted by molar-refractivity contribution is -0.127. The van der Waals surface area contributed by atoms with Crippen LogP contribution < -0.4 is 11.1 Å². The fourth-order valence-electron chi connectivity index (χ4n) is 3.00. The third kappa shape index (κ3) is 3.79. The fourth-order valence-corrected chi connectivity index (χ4v) is 3.00. The van der Waals surface area contributed by atoms with E-state index in [2.05, 4.69) is 5.32 Å². The second-order valence-electron chi connectivity index (χ2n) is 6.03. The summed E-state index contributed by atoms with van der Waals surface area (Å²) in [6.45, 7) is 1.26. The molecule has 3 N–H and O–H groups in total. The minimum absolute atomic E-state index is 0.0133. The summed E-state index contributed by atoms with van der Waals surface area (Å²) in [5.41, 5.74) is 8.36. The molecule has 0 aromatic heterocycles. The van der Waals surface area contributed by atoms with Crippen molar-refractivity contribution < 1.29 is 13.9 Å². The molecule has 4 nitrogen and oxygen atoms in total. The maximum Gasteiger partial charge on any atom is 0.227 e. The van der Waals surface area contributed by atoms with Gasteiger partial charge in [0, 0.05) is 30.7 Å². The molecule has 0 radical (unpaired) electrons. The third-order valence-corrected chi connectivity index (χ3v) is 4.44. The predicted molar refractivity (Wildman–Crippen MR) is 85.8 cm³/mol. The molecule has 1 saturated heterocycles. The van der Waals surface area contributed by atoms with E-state index in [-0.39, 0.29) is 23.6 Å². The van der Waals surface area contributed by atoms with E-state index in [1.54, 1.807) is 12.1 Å². The quantitative estimate of drug-likeness (QED) is 0.901. The summed E-state index contributed by atoms with van der Waals surface area (Å²) in [7, 11) is 0. The number of rotatable bonds is 3. The van der Waals surface area contributed by atoms with Crippen LogP contribution in [0.5, 0.6) is 0 Å². The Morgan fingerprint density at radius 2 is 1.91 bits per heavy atom. The molecule has 23 heavy (non-hydrogen) atoms. The second-order valence-corrected chi connectivity index (χ2v) is 6.03. The van der Waals surface area contributed by atoms with Crippen LogP contribution in [-0.4, -0.2) is 19.1 Å². The number of carbonyl (C=O) groups excluding carboxylic acids is 1. The molecule has 1 amide bonds. The number of amides is 1. The number of ether oxygens (including phenoxy) is 1. The Balaban J connectivity index is 1.67. The van der Waals surface area contributed by atoms with Gasteiger partial charge in [0.25, 0.3) is 0 Å². The van der Waals surface area contributed by atoms with E-state index in [0.29, 0.717) is 25.3 Å². The van der Waals surface area contributed by atoms with Gasteiger partial charge in [-0.25, -0.2) is 4.39 Å². The first-order chi connectivity index (χ1) is 11.1. The Hall–Kier alpha value is -2.14. The molecule has 3 rings (SSSR count). The van der Waals surface area contributed by atoms with Crippen molar-refractivity contribution in [1.82, 2.24) is 5.32 Å². The highest BCUT2D eigenvalue weighted by atomic mass is 19.1. The van der Waals surface area contributed by atoms with Gasteiger partial charge in [0.15, 0.2) is 0 Å². The number of nitrogens with two attached hydrogens (primary N) is 1. The molecule has 1 unspecified atom stereocenters. The van der Waals surface area contributed by atoms with Crippen molar-refractivity contribution in [1.29, 1.82) is 0 Å². The number of halogens is 1. The summed E-state index contributed by atoms with van der Waals surface area (Å²) in [6, 6.07) is 6.43. The standard InChI is InChI=1S/C18H21FN2O2/c19-15-4-1-12(2-5-15)14-3-6-16(20)17(11-14)21-18(22)13-7-9-23-10-8-13/h1-6,13-14H,7-11,20H2,(H,21,22). The molecule has 122 valence electrons. The van der Waals surface area contributed by atoms with Crippen LogP contribution in [0.3, 0.4) is 0 Å². The van der Waals surface area contributed by atoms with Crippen LogP contribution >= 0.6 is 0 Å². The van der Waals surface area contributed by atoms with E-state index in [9.17, 15) is 9.18 Å².